The van der Waals surface area contributed by atoms with Crippen molar-refractivity contribution in [1.29, 1.82) is 0 Å². The summed E-state index contributed by atoms with van der Waals surface area (Å²) in [5, 5.41) is 2.83. The molecule has 1 aliphatic heterocycles. The Labute approximate surface area is 173 Å². The van der Waals surface area contributed by atoms with E-state index in [9.17, 15) is 13.2 Å². The quantitative estimate of drug-likeness (QED) is 0.658. The molecule has 0 radical (unpaired) electrons. The van der Waals surface area contributed by atoms with Crippen LogP contribution in [-0.2, 0) is 10.0 Å². The van der Waals surface area contributed by atoms with Crippen molar-refractivity contribution in [1.82, 2.24) is 9.21 Å². The molecule has 3 rings (SSSR count). The van der Waals surface area contributed by atoms with Gasteiger partial charge in [-0.3, -0.25) is 4.79 Å². The highest BCUT2D eigenvalue weighted by atomic mass is 127. The number of rotatable bonds is 4. The monoisotopic (exact) mass is 499 g/mol. The van der Waals surface area contributed by atoms with Crippen LogP contribution in [0.25, 0.3) is 0 Å². The molecule has 8 heteroatoms. The number of sulfonamides is 1. The number of piperazine rings is 1. The van der Waals surface area contributed by atoms with Crippen molar-refractivity contribution in [3.05, 3.63) is 57.2 Å². The van der Waals surface area contributed by atoms with Gasteiger partial charge in [0.1, 0.15) is 0 Å². The number of nitrogens with zero attached hydrogens (tertiary/aromatic N) is 2. The summed E-state index contributed by atoms with van der Waals surface area (Å²) in [5.41, 5.74) is 2.14. The molecule has 1 aliphatic rings. The van der Waals surface area contributed by atoms with Crippen LogP contribution in [0.15, 0.2) is 47.4 Å². The minimum atomic E-state index is -3.60. The third-order valence-electron chi connectivity index (χ3n) is 4.63. The van der Waals surface area contributed by atoms with Crippen LogP contribution in [-0.4, -0.2) is 56.8 Å². The first-order valence-electron chi connectivity index (χ1n) is 8.63. The molecule has 1 amide bonds. The number of anilines is 1. The van der Waals surface area contributed by atoms with Crippen LogP contribution in [0.3, 0.4) is 0 Å². The summed E-state index contributed by atoms with van der Waals surface area (Å²) >= 11 is 2.21. The molecule has 1 saturated heterocycles. The molecule has 0 unspecified atom stereocenters. The Morgan fingerprint density at radius 3 is 2.44 bits per heavy atom. The average molecular weight is 499 g/mol. The zero-order valence-corrected chi connectivity index (χ0v) is 18.2. The summed E-state index contributed by atoms with van der Waals surface area (Å²) < 4.78 is 28.3. The second kappa shape index (κ2) is 8.26. The van der Waals surface area contributed by atoms with Gasteiger partial charge in [-0.2, -0.15) is 4.31 Å². The van der Waals surface area contributed by atoms with Crippen LogP contribution >= 0.6 is 22.6 Å². The fraction of sp³-hybridized carbons (Fsp3) is 0.316. The Morgan fingerprint density at radius 1 is 1.07 bits per heavy atom. The number of benzene rings is 2. The molecular formula is C19H22IN3O3S. The molecule has 144 valence electrons. The molecule has 0 spiro atoms. The lowest BCUT2D eigenvalue weighted by Crippen LogP contribution is -2.47. The van der Waals surface area contributed by atoms with E-state index in [0.717, 1.165) is 9.13 Å². The summed E-state index contributed by atoms with van der Waals surface area (Å²) in [4.78, 5) is 14.8. The Hall–Kier alpha value is -1.49. The fourth-order valence-corrected chi connectivity index (χ4v) is 4.83. The van der Waals surface area contributed by atoms with Crippen LogP contribution in [0.5, 0.6) is 0 Å². The van der Waals surface area contributed by atoms with Crippen LogP contribution in [0.1, 0.15) is 15.9 Å². The molecule has 1 heterocycles. The summed E-state index contributed by atoms with van der Waals surface area (Å²) in [6, 6.07) is 11.9. The molecule has 0 saturated carbocycles. The SMILES string of the molecule is Cc1ccc(NC(=O)c2cccc(S(=O)(=O)N3CCN(C)CC3)c2)cc1I. The van der Waals surface area contributed by atoms with Gasteiger partial charge in [0.15, 0.2) is 0 Å². The van der Waals surface area contributed by atoms with Crippen molar-refractivity contribution >= 4 is 44.2 Å². The van der Waals surface area contributed by atoms with E-state index in [1.165, 1.54) is 10.4 Å². The van der Waals surface area contributed by atoms with Crippen molar-refractivity contribution in [2.24, 2.45) is 0 Å². The van der Waals surface area contributed by atoms with Gasteiger partial charge in [0.2, 0.25) is 10.0 Å². The second-order valence-corrected chi connectivity index (χ2v) is 9.75. The van der Waals surface area contributed by atoms with Gasteiger partial charge in [-0.05, 0) is 72.5 Å². The Bertz CT molecular complexity index is 954. The summed E-state index contributed by atoms with van der Waals surface area (Å²) in [5.74, 6) is -0.329. The van der Waals surface area contributed by atoms with Crippen LogP contribution in [0.2, 0.25) is 0 Å². The van der Waals surface area contributed by atoms with Gasteiger partial charge in [0.05, 0.1) is 4.90 Å². The highest BCUT2D eigenvalue weighted by Gasteiger charge is 2.27. The molecule has 2 aromatic carbocycles. The Balaban J connectivity index is 1.80. The van der Waals surface area contributed by atoms with Gasteiger partial charge < -0.3 is 10.2 Å². The lowest BCUT2D eigenvalue weighted by Gasteiger charge is -2.31. The molecule has 1 fully saturated rings. The zero-order valence-electron chi connectivity index (χ0n) is 15.3. The first-order chi connectivity index (χ1) is 12.8. The molecule has 0 aliphatic carbocycles. The molecule has 1 N–H and O–H groups in total. The van der Waals surface area contributed by atoms with E-state index in [1.807, 2.05) is 32.2 Å². The maximum atomic E-state index is 12.9. The van der Waals surface area contributed by atoms with E-state index in [2.05, 4.69) is 32.8 Å². The number of likely N-dealkylation sites (N-methyl/N-ethyl adjacent to an activating group) is 1. The maximum absolute atomic E-state index is 12.9. The standard InChI is InChI=1S/C19H22IN3O3S/c1-14-6-7-16(13-18(14)20)21-19(24)15-4-3-5-17(12-15)27(25,26)23-10-8-22(2)9-11-23/h3-7,12-13H,8-11H2,1-2H3,(H,21,24). The normalized spacial score (nSPS) is 16.3. The third kappa shape index (κ3) is 4.68. The number of amides is 1. The number of carbonyl (C=O) groups is 1. The fourth-order valence-electron chi connectivity index (χ4n) is 2.85. The van der Waals surface area contributed by atoms with E-state index in [1.54, 1.807) is 18.2 Å². The van der Waals surface area contributed by atoms with E-state index in [4.69, 9.17) is 0 Å². The largest absolute Gasteiger partial charge is 0.322 e. The predicted octanol–water partition coefficient (Wildman–Crippen LogP) is 2.79. The van der Waals surface area contributed by atoms with Gasteiger partial charge in [-0.25, -0.2) is 8.42 Å². The predicted molar refractivity (Wildman–Crippen MR) is 115 cm³/mol. The molecule has 6 nitrogen and oxygen atoms in total. The van der Waals surface area contributed by atoms with Gasteiger partial charge >= 0.3 is 0 Å². The lowest BCUT2D eigenvalue weighted by atomic mass is 10.2. The minimum absolute atomic E-state index is 0.151. The second-order valence-electron chi connectivity index (χ2n) is 6.65. The number of halogens is 1. The lowest BCUT2D eigenvalue weighted by molar-refractivity contribution is 0.102. The number of hydrogen-bond donors (Lipinski definition) is 1. The Morgan fingerprint density at radius 2 is 1.78 bits per heavy atom. The Kier molecular flexibility index (Phi) is 6.19. The highest BCUT2D eigenvalue weighted by molar-refractivity contribution is 14.1. The van der Waals surface area contributed by atoms with Gasteiger partial charge in [-0.1, -0.05) is 12.1 Å². The number of nitrogens with one attached hydrogen (secondary N) is 1. The van der Waals surface area contributed by atoms with Crippen molar-refractivity contribution in [3.63, 3.8) is 0 Å². The van der Waals surface area contributed by atoms with Crippen LogP contribution in [0.4, 0.5) is 5.69 Å². The topological polar surface area (TPSA) is 69.7 Å². The summed E-state index contributed by atoms with van der Waals surface area (Å²) in [6.07, 6.45) is 0. The van der Waals surface area contributed by atoms with Crippen LogP contribution in [0, 0.1) is 10.5 Å². The third-order valence-corrected chi connectivity index (χ3v) is 7.68. The molecular weight excluding hydrogens is 477 g/mol. The molecule has 0 aromatic heterocycles. The van der Waals surface area contributed by atoms with E-state index in [0.29, 0.717) is 37.4 Å². The first-order valence-corrected chi connectivity index (χ1v) is 11.2. The van der Waals surface area contributed by atoms with E-state index >= 15 is 0 Å². The molecule has 27 heavy (non-hydrogen) atoms. The first kappa shape index (κ1) is 20.2. The highest BCUT2D eigenvalue weighted by Crippen LogP contribution is 2.21. The molecule has 0 bridgehead atoms. The van der Waals surface area contributed by atoms with Crippen molar-refractivity contribution in [2.45, 2.75) is 11.8 Å². The van der Waals surface area contributed by atoms with E-state index < -0.39 is 10.0 Å². The van der Waals surface area contributed by atoms with E-state index in [-0.39, 0.29) is 10.8 Å². The molecule has 0 atom stereocenters. The molecule has 2 aromatic rings. The summed E-state index contributed by atoms with van der Waals surface area (Å²) in [6.45, 7) is 4.31. The minimum Gasteiger partial charge on any atom is -0.322 e. The maximum Gasteiger partial charge on any atom is 0.255 e. The average Bonchev–Trinajstić information content (AvgIpc) is 2.65. The van der Waals surface area contributed by atoms with Crippen molar-refractivity contribution in [2.75, 3.05) is 38.5 Å². The smallest absolute Gasteiger partial charge is 0.255 e. The van der Waals surface area contributed by atoms with Gasteiger partial charge in [0.25, 0.3) is 5.91 Å². The van der Waals surface area contributed by atoms with Gasteiger partial charge in [0, 0.05) is 41.0 Å². The van der Waals surface area contributed by atoms with Crippen molar-refractivity contribution < 1.29 is 13.2 Å². The number of aryl methyl sites for hydroxylation is 1. The van der Waals surface area contributed by atoms with Crippen molar-refractivity contribution in [3.8, 4) is 0 Å². The number of hydrogen-bond acceptors (Lipinski definition) is 4. The summed E-state index contributed by atoms with van der Waals surface area (Å²) in [7, 11) is -1.63. The zero-order chi connectivity index (χ0) is 19.6. The number of carbonyl (C=O) groups excluding carboxylic acids is 1. The van der Waals surface area contributed by atoms with Crippen LogP contribution < -0.4 is 5.32 Å². The van der Waals surface area contributed by atoms with Gasteiger partial charge in [-0.15, -0.1) is 0 Å².